The van der Waals surface area contributed by atoms with Gasteiger partial charge in [-0.2, -0.15) is 5.90 Å². The molecule has 0 saturated heterocycles. The fourth-order valence-corrected chi connectivity index (χ4v) is 3.10. The van der Waals surface area contributed by atoms with Gasteiger partial charge in [-0.3, -0.25) is 4.79 Å². The summed E-state index contributed by atoms with van der Waals surface area (Å²) >= 11 is 0.954. The molecule has 0 bridgehead atoms. The number of ether oxygens (including phenoxy) is 2. The highest BCUT2D eigenvalue weighted by Gasteiger charge is 2.12. The van der Waals surface area contributed by atoms with Crippen molar-refractivity contribution in [3.63, 3.8) is 0 Å². The Labute approximate surface area is 163 Å². The number of methoxy groups -OCH3 is 1. The first-order chi connectivity index (χ1) is 13.0. The number of para-hydroxylation sites is 1. The normalized spacial score (nSPS) is 11.7. The lowest BCUT2D eigenvalue weighted by atomic mass is 10.1. The second-order valence-corrected chi connectivity index (χ2v) is 6.70. The van der Waals surface area contributed by atoms with Gasteiger partial charge in [0.1, 0.15) is 11.5 Å². The Morgan fingerprint density at radius 1 is 1.22 bits per heavy atom. The molecule has 0 aromatic heterocycles. The number of hydrogen-bond donors (Lipinski definition) is 2. The van der Waals surface area contributed by atoms with Crippen LogP contribution in [0.25, 0.3) is 0 Å². The molecule has 0 aliphatic heterocycles. The van der Waals surface area contributed by atoms with Gasteiger partial charge >= 0.3 is 0 Å². The van der Waals surface area contributed by atoms with Crippen LogP contribution in [0.4, 0.5) is 0 Å². The second kappa shape index (κ2) is 10.8. The molecule has 2 aromatic carbocycles. The smallest absolute Gasteiger partial charge is 0.258 e. The number of hydrogen-bond acceptors (Lipinski definition) is 7. The zero-order valence-corrected chi connectivity index (χ0v) is 16.4. The molecule has 0 saturated carbocycles. The molecule has 7 nitrogen and oxygen atoms in total. The molecular formula is C19H24N2O5S. The van der Waals surface area contributed by atoms with Crippen molar-refractivity contribution in [3.05, 3.63) is 53.6 Å². The summed E-state index contributed by atoms with van der Waals surface area (Å²) in [7, 11) is 1.57. The van der Waals surface area contributed by atoms with Gasteiger partial charge in [0.25, 0.3) is 5.91 Å². The second-order valence-electron chi connectivity index (χ2n) is 5.96. The molecule has 0 aliphatic carbocycles. The lowest BCUT2D eigenvalue weighted by Crippen LogP contribution is -2.37. The minimum atomic E-state index is -0.172. The van der Waals surface area contributed by atoms with E-state index in [1.165, 1.54) is 0 Å². The number of nitrogens with two attached hydrogens (primary N) is 1. The third-order valence-electron chi connectivity index (χ3n) is 3.79. The molecular weight excluding hydrogens is 368 g/mol. The van der Waals surface area contributed by atoms with Crippen molar-refractivity contribution >= 4 is 17.9 Å². The SMILES string of the molecule is COc1ccc(C[C@@H](C)NC(=O)COc2ccccc2C)cc1SOON. The maximum absolute atomic E-state index is 12.1. The average molecular weight is 392 g/mol. The lowest BCUT2D eigenvalue weighted by molar-refractivity contribution is -0.195. The topological polar surface area (TPSA) is 92.0 Å². The number of carbonyl (C=O) groups excluding carboxylic acids is 1. The van der Waals surface area contributed by atoms with Crippen LogP contribution >= 0.6 is 12.0 Å². The fourth-order valence-electron chi connectivity index (χ4n) is 2.55. The Balaban J connectivity index is 1.88. The van der Waals surface area contributed by atoms with Crippen LogP contribution in [0.1, 0.15) is 18.1 Å². The molecule has 0 unspecified atom stereocenters. The lowest BCUT2D eigenvalue weighted by Gasteiger charge is -2.16. The number of benzene rings is 2. The minimum Gasteiger partial charge on any atom is -0.495 e. The molecule has 27 heavy (non-hydrogen) atoms. The van der Waals surface area contributed by atoms with Crippen molar-refractivity contribution in [1.29, 1.82) is 0 Å². The summed E-state index contributed by atoms with van der Waals surface area (Å²) in [6, 6.07) is 13.2. The van der Waals surface area contributed by atoms with Crippen LogP contribution in [0.3, 0.4) is 0 Å². The molecule has 0 heterocycles. The molecule has 146 valence electrons. The zero-order chi connectivity index (χ0) is 19.6. The van der Waals surface area contributed by atoms with E-state index in [0.717, 1.165) is 28.1 Å². The number of carbonyl (C=O) groups is 1. The van der Waals surface area contributed by atoms with Gasteiger partial charge in [-0.25, -0.2) is 0 Å². The van der Waals surface area contributed by atoms with Gasteiger partial charge in [-0.05, 0) is 49.6 Å². The molecule has 0 radical (unpaired) electrons. The van der Waals surface area contributed by atoms with E-state index < -0.39 is 0 Å². The fraction of sp³-hybridized carbons (Fsp3) is 0.316. The van der Waals surface area contributed by atoms with E-state index in [0.29, 0.717) is 17.9 Å². The predicted octanol–water partition coefficient (Wildman–Crippen LogP) is 2.96. The third kappa shape index (κ3) is 6.76. The first-order valence-corrected chi connectivity index (χ1v) is 9.12. The van der Waals surface area contributed by atoms with E-state index in [1.54, 1.807) is 7.11 Å². The Morgan fingerprint density at radius 2 is 2.00 bits per heavy atom. The van der Waals surface area contributed by atoms with Crippen molar-refractivity contribution in [1.82, 2.24) is 5.32 Å². The standard InChI is InChI=1S/C19H24N2O5S/c1-13-6-4-5-7-16(13)24-12-19(22)21-14(2)10-15-8-9-17(23-3)18(11-15)27-26-25-20/h4-9,11,14H,10,12,20H2,1-3H3,(H,21,22)/t14-/m1/s1. The average Bonchev–Trinajstić information content (AvgIpc) is 2.65. The largest absolute Gasteiger partial charge is 0.495 e. The number of nitrogens with one attached hydrogen (secondary N) is 1. The van der Waals surface area contributed by atoms with Crippen LogP contribution in [0.5, 0.6) is 11.5 Å². The highest BCUT2D eigenvalue weighted by molar-refractivity contribution is 7.94. The first-order valence-electron chi connectivity index (χ1n) is 8.38. The number of aryl methyl sites for hydroxylation is 1. The highest BCUT2D eigenvalue weighted by atomic mass is 32.2. The molecule has 2 rings (SSSR count). The predicted molar refractivity (Wildman–Crippen MR) is 103 cm³/mol. The summed E-state index contributed by atoms with van der Waals surface area (Å²) in [5, 5.41) is 2.93. The van der Waals surface area contributed by atoms with Gasteiger partial charge < -0.3 is 14.8 Å². The maximum Gasteiger partial charge on any atom is 0.258 e. The van der Waals surface area contributed by atoms with E-state index >= 15 is 0 Å². The molecule has 1 amide bonds. The minimum absolute atomic E-state index is 0.0272. The number of rotatable bonds is 10. The van der Waals surface area contributed by atoms with Crippen molar-refractivity contribution in [2.24, 2.45) is 5.90 Å². The molecule has 0 aliphatic rings. The van der Waals surface area contributed by atoms with E-state index in [2.05, 4.69) is 10.3 Å². The Kier molecular flexibility index (Phi) is 8.41. The van der Waals surface area contributed by atoms with Crippen molar-refractivity contribution in [2.75, 3.05) is 13.7 Å². The Hall–Kier alpha value is -2.26. The zero-order valence-electron chi connectivity index (χ0n) is 15.6. The van der Waals surface area contributed by atoms with Gasteiger partial charge in [0, 0.05) is 6.04 Å². The van der Waals surface area contributed by atoms with Gasteiger partial charge in [0.15, 0.2) is 6.61 Å². The molecule has 3 N–H and O–H groups in total. The van der Waals surface area contributed by atoms with Crippen LogP contribution in [-0.2, 0) is 20.5 Å². The van der Waals surface area contributed by atoms with Gasteiger partial charge in [0.2, 0.25) is 0 Å². The molecule has 2 aromatic rings. The summed E-state index contributed by atoms with van der Waals surface area (Å²) in [6.45, 7) is 3.84. The number of amides is 1. The third-order valence-corrected chi connectivity index (χ3v) is 4.44. The van der Waals surface area contributed by atoms with Gasteiger partial charge in [-0.1, -0.05) is 24.3 Å². The van der Waals surface area contributed by atoms with E-state index in [4.69, 9.17) is 19.7 Å². The van der Waals surface area contributed by atoms with E-state index in [-0.39, 0.29) is 18.6 Å². The molecule has 8 heteroatoms. The first kappa shape index (κ1) is 21.0. The maximum atomic E-state index is 12.1. The van der Waals surface area contributed by atoms with Crippen molar-refractivity contribution < 1.29 is 23.6 Å². The van der Waals surface area contributed by atoms with Crippen molar-refractivity contribution in [3.8, 4) is 11.5 Å². The quantitative estimate of drug-likeness (QED) is 0.365. The van der Waals surface area contributed by atoms with Crippen LogP contribution < -0.4 is 20.7 Å². The van der Waals surface area contributed by atoms with E-state index in [9.17, 15) is 4.79 Å². The van der Waals surface area contributed by atoms with Crippen LogP contribution in [0.2, 0.25) is 0 Å². The highest BCUT2D eigenvalue weighted by Crippen LogP contribution is 2.31. The van der Waals surface area contributed by atoms with Gasteiger partial charge in [0.05, 0.1) is 24.0 Å². The van der Waals surface area contributed by atoms with Crippen LogP contribution in [0, 0.1) is 6.92 Å². The van der Waals surface area contributed by atoms with Gasteiger partial charge in [-0.15, -0.1) is 9.32 Å². The van der Waals surface area contributed by atoms with Crippen LogP contribution in [-0.4, -0.2) is 25.7 Å². The summed E-state index contributed by atoms with van der Waals surface area (Å²) < 4.78 is 15.5. The molecule has 1 atom stereocenters. The molecule has 0 spiro atoms. The molecule has 0 fully saturated rings. The Morgan fingerprint density at radius 3 is 2.70 bits per heavy atom. The van der Waals surface area contributed by atoms with Crippen molar-refractivity contribution in [2.45, 2.75) is 31.2 Å². The summed E-state index contributed by atoms with van der Waals surface area (Å²) in [5.41, 5.74) is 2.00. The summed E-state index contributed by atoms with van der Waals surface area (Å²) in [4.78, 5) is 17.0. The summed E-state index contributed by atoms with van der Waals surface area (Å²) in [5.74, 6) is 6.06. The van der Waals surface area contributed by atoms with E-state index in [1.807, 2.05) is 56.3 Å². The van der Waals surface area contributed by atoms with Crippen LogP contribution in [0.15, 0.2) is 47.4 Å². The summed E-state index contributed by atoms with van der Waals surface area (Å²) in [6.07, 6.45) is 0.636. The Bertz CT molecular complexity index is 757. The monoisotopic (exact) mass is 392 g/mol.